The lowest BCUT2D eigenvalue weighted by atomic mass is 10.0. The Morgan fingerprint density at radius 2 is 2.12 bits per heavy atom. The molecule has 3 nitrogen and oxygen atoms in total. The first-order valence-electron chi connectivity index (χ1n) is 5.73. The number of rotatable bonds is 4. The van der Waals surface area contributed by atoms with Gasteiger partial charge in [0.25, 0.3) is 0 Å². The summed E-state index contributed by atoms with van der Waals surface area (Å²) in [4.78, 5) is 16.2. The highest BCUT2D eigenvalue weighted by Crippen LogP contribution is 2.11. The van der Waals surface area contributed by atoms with Crippen LogP contribution < -0.4 is 0 Å². The molecule has 1 aromatic carbocycles. The van der Waals surface area contributed by atoms with Crippen molar-refractivity contribution in [1.29, 1.82) is 0 Å². The number of carbonyl (C=O) groups is 1. The summed E-state index contributed by atoms with van der Waals surface area (Å²) in [6.45, 7) is 1.97. The Kier molecular flexibility index (Phi) is 3.38. The van der Waals surface area contributed by atoms with Gasteiger partial charge in [0.15, 0.2) is 5.78 Å². The Balaban J connectivity index is 2.04. The number of ketones is 1. The van der Waals surface area contributed by atoms with Crippen molar-refractivity contribution >= 4 is 5.78 Å². The lowest BCUT2D eigenvalue weighted by molar-refractivity contribution is 0.0981. The molecule has 0 fully saturated rings. The maximum Gasteiger partial charge on any atom is 0.163 e. The van der Waals surface area contributed by atoms with Gasteiger partial charge in [0.1, 0.15) is 5.82 Å². The van der Waals surface area contributed by atoms with Crippen LogP contribution in [0, 0.1) is 6.92 Å². The highest BCUT2D eigenvalue weighted by atomic mass is 16.1. The van der Waals surface area contributed by atoms with Gasteiger partial charge in [0.2, 0.25) is 0 Å². The summed E-state index contributed by atoms with van der Waals surface area (Å²) in [6.07, 6.45) is 4.85. The third-order valence-electron chi connectivity index (χ3n) is 2.94. The highest BCUT2D eigenvalue weighted by molar-refractivity contribution is 5.97. The number of aryl methyl sites for hydroxylation is 3. The van der Waals surface area contributed by atoms with Crippen LogP contribution in [0.2, 0.25) is 0 Å². The van der Waals surface area contributed by atoms with Gasteiger partial charge in [-0.3, -0.25) is 4.79 Å². The SMILES string of the molecule is Cc1ccccc1C(=O)CCc1nccn1C. The Morgan fingerprint density at radius 1 is 1.35 bits per heavy atom. The van der Waals surface area contributed by atoms with E-state index in [0.29, 0.717) is 12.8 Å². The van der Waals surface area contributed by atoms with Gasteiger partial charge in [0.05, 0.1) is 0 Å². The zero-order chi connectivity index (χ0) is 12.3. The Hall–Kier alpha value is -1.90. The topological polar surface area (TPSA) is 34.9 Å². The normalized spacial score (nSPS) is 10.5. The van der Waals surface area contributed by atoms with Crippen LogP contribution in [-0.2, 0) is 13.5 Å². The molecule has 0 aliphatic heterocycles. The fraction of sp³-hybridized carbons (Fsp3) is 0.286. The predicted molar refractivity (Wildman–Crippen MR) is 67.0 cm³/mol. The standard InChI is InChI=1S/C14H16N2O/c1-11-5-3-4-6-12(11)13(17)7-8-14-15-9-10-16(14)2/h3-6,9-10H,7-8H2,1-2H3. The number of aromatic nitrogens is 2. The van der Waals surface area contributed by atoms with E-state index in [1.165, 1.54) is 0 Å². The quantitative estimate of drug-likeness (QED) is 0.754. The summed E-state index contributed by atoms with van der Waals surface area (Å²) in [7, 11) is 1.95. The molecule has 1 aromatic heterocycles. The molecule has 17 heavy (non-hydrogen) atoms. The van der Waals surface area contributed by atoms with Gasteiger partial charge in [0, 0.05) is 37.8 Å². The maximum atomic E-state index is 12.0. The van der Waals surface area contributed by atoms with Gasteiger partial charge in [-0.05, 0) is 12.5 Å². The fourth-order valence-electron chi connectivity index (χ4n) is 1.88. The van der Waals surface area contributed by atoms with E-state index in [0.717, 1.165) is 17.0 Å². The van der Waals surface area contributed by atoms with Gasteiger partial charge in [-0.1, -0.05) is 24.3 Å². The number of nitrogens with zero attached hydrogens (tertiary/aromatic N) is 2. The molecule has 0 aliphatic rings. The molecule has 0 radical (unpaired) electrons. The van der Waals surface area contributed by atoms with Gasteiger partial charge in [-0.2, -0.15) is 0 Å². The molecule has 3 heteroatoms. The van der Waals surface area contributed by atoms with Crippen molar-refractivity contribution in [3.8, 4) is 0 Å². The monoisotopic (exact) mass is 228 g/mol. The average molecular weight is 228 g/mol. The van der Waals surface area contributed by atoms with Gasteiger partial charge in [-0.15, -0.1) is 0 Å². The van der Waals surface area contributed by atoms with Crippen molar-refractivity contribution in [1.82, 2.24) is 9.55 Å². The summed E-state index contributed by atoms with van der Waals surface area (Å²) in [6, 6.07) is 7.70. The Bertz CT molecular complexity index is 529. The van der Waals surface area contributed by atoms with Crippen LogP contribution in [0.5, 0.6) is 0 Å². The van der Waals surface area contributed by atoms with Crippen LogP contribution in [0.15, 0.2) is 36.7 Å². The van der Waals surface area contributed by atoms with Gasteiger partial charge >= 0.3 is 0 Å². The molecule has 0 spiro atoms. The van der Waals surface area contributed by atoms with Crippen LogP contribution in [0.4, 0.5) is 0 Å². The van der Waals surface area contributed by atoms with Crippen LogP contribution in [0.25, 0.3) is 0 Å². The summed E-state index contributed by atoms with van der Waals surface area (Å²) < 4.78 is 1.95. The molecule has 2 aromatic rings. The zero-order valence-corrected chi connectivity index (χ0v) is 10.2. The first-order chi connectivity index (χ1) is 8.18. The fourth-order valence-corrected chi connectivity index (χ4v) is 1.88. The lowest BCUT2D eigenvalue weighted by Crippen LogP contribution is -2.06. The summed E-state index contributed by atoms with van der Waals surface area (Å²) in [5.74, 6) is 1.14. The third kappa shape index (κ3) is 2.61. The number of imidazole rings is 1. The van der Waals surface area contributed by atoms with E-state index in [-0.39, 0.29) is 5.78 Å². The first kappa shape index (κ1) is 11.6. The van der Waals surface area contributed by atoms with Crippen molar-refractivity contribution in [2.24, 2.45) is 7.05 Å². The smallest absolute Gasteiger partial charge is 0.163 e. The van der Waals surface area contributed by atoms with Gasteiger partial charge < -0.3 is 4.57 Å². The Labute approximate surface area is 101 Å². The molecule has 0 N–H and O–H groups in total. The summed E-state index contributed by atoms with van der Waals surface area (Å²) in [5, 5.41) is 0. The second-order valence-corrected chi connectivity index (χ2v) is 4.19. The van der Waals surface area contributed by atoms with E-state index in [9.17, 15) is 4.79 Å². The summed E-state index contributed by atoms with van der Waals surface area (Å²) in [5.41, 5.74) is 1.86. The summed E-state index contributed by atoms with van der Waals surface area (Å²) >= 11 is 0. The molecule has 0 unspecified atom stereocenters. The average Bonchev–Trinajstić information content (AvgIpc) is 2.72. The lowest BCUT2D eigenvalue weighted by Gasteiger charge is -2.04. The van der Waals surface area contributed by atoms with E-state index in [4.69, 9.17) is 0 Å². The minimum absolute atomic E-state index is 0.186. The van der Waals surface area contributed by atoms with Crippen LogP contribution in [0.1, 0.15) is 28.2 Å². The largest absolute Gasteiger partial charge is 0.338 e. The minimum atomic E-state index is 0.186. The first-order valence-corrected chi connectivity index (χ1v) is 5.73. The predicted octanol–water partition coefficient (Wildman–Crippen LogP) is 2.54. The van der Waals surface area contributed by atoms with Crippen molar-refractivity contribution < 1.29 is 4.79 Å². The molecule has 2 rings (SSSR count). The molecule has 0 amide bonds. The van der Waals surface area contributed by atoms with Crippen molar-refractivity contribution in [2.75, 3.05) is 0 Å². The number of carbonyl (C=O) groups excluding carboxylic acids is 1. The Morgan fingerprint density at radius 3 is 2.76 bits per heavy atom. The van der Waals surface area contributed by atoms with E-state index in [2.05, 4.69) is 4.98 Å². The second-order valence-electron chi connectivity index (χ2n) is 4.19. The molecule has 88 valence electrons. The highest BCUT2D eigenvalue weighted by Gasteiger charge is 2.09. The molecule has 0 atom stereocenters. The van der Waals surface area contributed by atoms with Crippen LogP contribution in [0.3, 0.4) is 0 Å². The number of benzene rings is 1. The maximum absolute atomic E-state index is 12.0. The van der Waals surface area contributed by atoms with Crippen LogP contribution >= 0.6 is 0 Å². The van der Waals surface area contributed by atoms with E-state index in [1.54, 1.807) is 6.20 Å². The van der Waals surface area contributed by atoms with E-state index < -0.39 is 0 Å². The number of Topliss-reactive ketones (excluding diaryl/α,β-unsaturated/α-hetero) is 1. The van der Waals surface area contributed by atoms with E-state index in [1.807, 2.05) is 49.0 Å². The van der Waals surface area contributed by atoms with Gasteiger partial charge in [-0.25, -0.2) is 4.98 Å². The molecule has 1 heterocycles. The van der Waals surface area contributed by atoms with Crippen LogP contribution in [-0.4, -0.2) is 15.3 Å². The molecular weight excluding hydrogens is 212 g/mol. The van der Waals surface area contributed by atoms with Crippen molar-refractivity contribution in [3.63, 3.8) is 0 Å². The van der Waals surface area contributed by atoms with E-state index >= 15 is 0 Å². The second kappa shape index (κ2) is 4.95. The number of hydrogen-bond donors (Lipinski definition) is 0. The van der Waals surface area contributed by atoms with Crippen molar-refractivity contribution in [2.45, 2.75) is 19.8 Å². The third-order valence-corrected chi connectivity index (χ3v) is 2.94. The minimum Gasteiger partial charge on any atom is -0.338 e. The van der Waals surface area contributed by atoms with Crippen molar-refractivity contribution in [3.05, 3.63) is 53.6 Å². The molecule has 0 aliphatic carbocycles. The number of hydrogen-bond acceptors (Lipinski definition) is 2. The molecular formula is C14H16N2O. The molecule has 0 saturated heterocycles. The zero-order valence-electron chi connectivity index (χ0n) is 10.2. The molecule has 0 bridgehead atoms. The molecule has 0 saturated carbocycles.